The number of hydrogen-bond acceptors (Lipinski definition) is 9. The molecule has 1 saturated heterocycles. The molecule has 0 saturated carbocycles. The maximum atomic E-state index is 13.2. The van der Waals surface area contributed by atoms with Gasteiger partial charge in [0.15, 0.2) is 6.29 Å². The number of benzene rings is 2. The van der Waals surface area contributed by atoms with Crippen LogP contribution in [0.3, 0.4) is 0 Å². The number of methoxy groups -OCH3 is 2. The van der Waals surface area contributed by atoms with Crippen LogP contribution in [0.15, 0.2) is 54.6 Å². The fourth-order valence-corrected chi connectivity index (χ4v) is 4.95. The maximum absolute atomic E-state index is 13.2. The quantitative estimate of drug-likeness (QED) is 0.245. The number of ether oxygens (including phenoxy) is 7. The average Bonchev–Trinajstić information content (AvgIpc) is 3.00. The van der Waals surface area contributed by atoms with Gasteiger partial charge < -0.3 is 43.8 Å². The second kappa shape index (κ2) is 18.7. The van der Waals surface area contributed by atoms with Gasteiger partial charge in [0.2, 0.25) is 5.91 Å². The Morgan fingerprint density at radius 1 is 0.911 bits per heavy atom. The van der Waals surface area contributed by atoms with E-state index in [0.29, 0.717) is 39.2 Å². The van der Waals surface area contributed by atoms with Crippen LogP contribution >= 0.6 is 0 Å². The first kappa shape index (κ1) is 36.3. The minimum absolute atomic E-state index is 0.167. The lowest BCUT2D eigenvalue weighted by Gasteiger charge is -2.46. The summed E-state index contributed by atoms with van der Waals surface area (Å²) < 4.78 is 41.5. The Morgan fingerprint density at radius 3 is 2.29 bits per heavy atom. The number of carbonyl (C=O) groups excluding carboxylic acids is 2. The van der Waals surface area contributed by atoms with E-state index in [1.165, 1.54) is 0 Å². The summed E-state index contributed by atoms with van der Waals surface area (Å²) in [5.41, 5.74) is 1.47. The highest BCUT2D eigenvalue weighted by molar-refractivity contribution is 5.76. The van der Waals surface area contributed by atoms with Gasteiger partial charge in [-0.1, -0.05) is 42.5 Å². The molecule has 45 heavy (non-hydrogen) atoms. The van der Waals surface area contributed by atoms with E-state index in [2.05, 4.69) is 10.6 Å². The summed E-state index contributed by atoms with van der Waals surface area (Å²) in [6, 6.07) is 17.0. The largest absolute Gasteiger partial charge is 0.497 e. The molecule has 11 heteroatoms. The van der Waals surface area contributed by atoms with Gasteiger partial charge in [-0.05, 0) is 63.8 Å². The van der Waals surface area contributed by atoms with Gasteiger partial charge in [0.25, 0.3) is 0 Å². The second-order valence-corrected chi connectivity index (χ2v) is 11.8. The minimum Gasteiger partial charge on any atom is -0.497 e. The molecular weight excluding hydrogens is 580 g/mol. The molecule has 5 atom stereocenters. The van der Waals surface area contributed by atoms with Gasteiger partial charge in [-0.3, -0.25) is 4.79 Å². The first-order valence-electron chi connectivity index (χ1n) is 15.6. The van der Waals surface area contributed by atoms with Gasteiger partial charge >= 0.3 is 6.09 Å². The maximum Gasteiger partial charge on any atom is 0.407 e. The molecule has 2 N–H and O–H groups in total. The molecule has 2 aromatic rings. The van der Waals surface area contributed by atoms with Crippen molar-refractivity contribution >= 4 is 12.0 Å². The van der Waals surface area contributed by atoms with Crippen LogP contribution in [0.25, 0.3) is 0 Å². The number of nitrogens with one attached hydrogen (secondary N) is 2. The molecule has 2 amide bonds. The summed E-state index contributed by atoms with van der Waals surface area (Å²) in [4.78, 5) is 25.2. The highest BCUT2D eigenvalue weighted by Crippen LogP contribution is 2.29. The molecule has 1 aliphatic heterocycles. The third kappa shape index (κ3) is 12.6. The Labute approximate surface area is 267 Å². The van der Waals surface area contributed by atoms with Crippen molar-refractivity contribution in [3.05, 3.63) is 65.7 Å². The zero-order valence-electron chi connectivity index (χ0n) is 27.4. The van der Waals surface area contributed by atoms with Crippen molar-refractivity contribution in [1.82, 2.24) is 10.6 Å². The Balaban J connectivity index is 1.73. The molecule has 2 aromatic carbocycles. The zero-order chi connectivity index (χ0) is 32.7. The third-order valence-corrected chi connectivity index (χ3v) is 7.03. The highest BCUT2D eigenvalue weighted by atomic mass is 16.7. The number of hydrogen-bond donors (Lipinski definition) is 2. The van der Waals surface area contributed by atoms with Crippen LogP contribution in [0.5, 0.6) is 5.75 Å². The molecule has 250 valence electrons. The summed E-state index contributed by atoms with van der Waals surface area (Å²) in [7, 11) is 3.22. The number of carbonyl (C=O) groups is 2. The van der Waals surface area contributed by atoms with E-state index < -0.39 is 42.3 Å². The van der Waals surface area contributed by atoms with Gasteiger partial charge in [-0.2, -0.15) is 0 Å². The van der Waals surface area contributed by atoms with E-state index in [9.17, 15) is 9.59 Å². The first-order valence-corrected chi connectivity index (χ1v) is 15.6. The molecule has 0 aliphatic carbocycles. The number of alkyl carbamates (subject to hydrolysis) is 1. The summed E-state index contributed by atoms with van der Waals surface area (Å²) in [6.07, 6.45) is -1.75. The Morgan fingerprint density at radius 2 is 1.64 bits per heavy atom. The second-order valence-electron chi connectivity index (χ2n) is 11.8. The van der Waals surface area contributed by atoms with Crippen molar-refractivity contribution in [1.29, 1.82) is 0 Å². The van der Waals surface area contributed by atoms with Crippen LogP contribution in [-0.2, 0) is 46.2 Å². The van der Waals surface area contributed by atoms with E-state index in [4.69, 9.17) is 33.2 Å². The van der Waals surface area contributed by atoms with Gasteiger partial charge in [0.05, 0.1) is 26.9 Å². The Kier molecular flexibility index (Phi) is 15.0. The van der Waals surface area contributed by atoms with E-state index in [0.717, 1.165) is 16.9 Å². The lowest BCUT2D eigenvalue weighted by atomic mass is 9.95. The molecule has 0 aromatic heterocycles. The van der Waals surface area contributed by atoms with Crippen molar-refractivity contribution in [2.24, 2.45) is 0 Å². The molecule has 11 nitrogen and oxygen atoms in total. The van der Waals surface area contributed by atoms with Crippen LogP contribution in [0.4, 0.5) is 4.79 Å². The smallest absolute Gasteiger partial charge is 0.407 e. The minimum atomic E-state index is -0.810. The first-order chi connectivity index (χ1) is 21.6. The average molecular weight is 631 g/mol. The van der Waals surface area contributed by atoms with Crippen LogP contribution in [0.2, 0.25) is 0 Å². The number of amides is 2. The zero-order valence-corrected chi connectivity index (χ0v) is 27.4. The topological polar surface area (TPSA) is 123 Å². The lowest BCUT2D eigenvalue weighted by molar-refractivity contribution is -0.287. The predicted octanol–water partition coefficient (Wildman–Crippen LogP) is 4.41. The van der Waals surface area contributed by atoms with Crippen molar-refractivity contribution in [2.45, 2.75) is 89.8 Å². The normalized spacial score (nSPS) is 21.6. The molecule has 0 bridgehead atoms. The van der Waals surface area contributed by atoms with Gasteiger partial charge in [0, 0.05) is 26.7 Å². The van der Waals surface area contributed by atoms with Crippen LogP contribution in [-0.4, -0.2) is 88.8 Å². The van der Waals surface area contributed by atoms with E-state index in [1.807, 2.05) is 61.5 Å². The van der Waals surface area contributed by atoms with E-state index in [1.54, 1.807) is 35.0 Å². The van der Waals surface area contributed by atoms with Crippen molar-refractivity contribution in [2.75, 3.05) is 40.6 Å². The summed E-state index contributed by atoms with van der Waals surface area (Å²) in [6.45, 7) is 8.86. The fourth-order valence-electron chi connectivity index (χ4n) is 4.95. The standard InChI is InChI=1S/C34H50N2O9/c1-7-41-31-29(36-28(37)14-11-20-35-33(38)45-34(2,3)4)32(42-21-19-24-12-9-8-10-13-24)44-27(23-39-5)30(31)43-22-25-15-17-26(40-6)18-16-25/h8-10,12-13,15-18,27,29-32H,7,11,14,19-23H2,1-6H3,(H,35,38)(H,36,37). The predicted molar refractivity (Wildman–Crippen MR) is 169 cm³/mol. The molecule has 0 radical (unpaired) electrons. The summed E-state index contributed by atoms with van der Waals surface area (Å²) in [5.74, 6) is 0.527. The summed E-state index contributed by atoms with van der Waals surface area (Å²) in [5, 5.41) is 5.78. The van der Waals surface area contributed by atoms with Gasteiger partial charge in [-0.15, -0.1) is 0 Å². The van der Waals surface area contributed by atoms with Gasteiger partial charge in [-0.25, -0.2) is 4.79 Å². The van der Waals surface area contributed by atoms with Gasteiger partial charge in [0.1, 0.15) is 35.7 Å². The Hall–Kier alpha value is -3.22. The molecule has 3 rings (SSSR count). The van der Waals surface area contributed by atoms with Crippen molar-refractivity contribution in [3.8, 4) is 5.75 Å². The molecule has 5 unspecified atom stereocenters. The van der Waals surface area contributed by atoms with Crippen LogP contribution in [0.1, 0.15) is 51.7 Å². The summed E-state index contributed by atoms with van der Waals surface area (Å²) >= 11 is 0. The van der Waals surface area contributed by atoms with E-state index >= 15 is 0 Å². The Bertz CT molecular complexity index is 1140. The molecule has 1 aliphatic rings. The SMILES string of the molecule is CCOC1C(NC(=O)CCCNC(=O)OC(C)(C)C)C(OCCc2ccccc2)OC(COC)C1OCc1ccc(OC)cc1. The van der Waals surface area contributed by atoms with E-state index in [-0.39, 0.29) is 18.9 Å². The lowest BCUT2D eigenvalue weighted by Crippen LogP contribution is -2.66. The van der Waals surface area contributed by atoms with Crippen LogP contribution < -0.4 is 15.4 Å². The van der Waals surface area contributed by atoms with Crippen molar-refractivity contribution in [3.63, 3.8) is 0 Å². The molecular formula is C34H50N2O9. The third-order valence-electron chi connectivity index (χ3n) is 7.03. The van der Waals surface area contributed by atoms with Crippen molar-refractivity contribution < 1.29 is 42.7 Å². The molecule has 1 fully saturated rings. The molecule has 1 heterocycles. The molecule has 0 spiro atoms. The fraction of sp³-hybridized carbons (Fsp3) is 0.588. The number of rotatable bonds is 17. The van der Waals surface area contributed by atoms with Crippen LogP contribution in [0, 0.1) is 0 Å². The highest BCUT2D eigenvalue weighted by Gasteiger charge is 2.48. The monoisotopic (exact) mass is 630 g/mol.